The molecule has 17 heavy (non-hydrogen) atoms. The van der Waals surface area contributed by atoms with Gasteiger partial charge in [0.1, 0.15) is 0 Å². The molecule has 2 rings (SSSR count). The van der Waals surface area contributed by atoms with Crippen LogP contribution in [0.4, 0.5) is 0 Å². The van der Waals surface area contributed by atoms with Crippen LogP contribution in [0.2, 0.25) is 0 Å². The molecule has 1 saturated heterocycles. The van der Waals surface area contributed by atoms with Gasteiger partial charge in [-0.1, -0.05) is 6.92 Å². The van der Waals surface area contributed by atoms with Crippen molar-refractivity contribution in [3.63, 3.8) is 0 Å². The van der Waals surface area contributed by atoms with Crippen LogP contribution in [0.1, 0.15) is 46.0 Å². The van der Waals surface area contributed by atoms with Gasteiger partial charge < -0.3 is 10.0 Å². The fraction of sp³-hybridized carbons (Fsp3) is 0.846. The monoisotopic (exact) mass is 239 g/mol. The standard InChI is InChI=1S/C13H21NO3/c1-3-13(6-7-13)10(15)14-8-4-5-12(2,9-14)11(16)17/h3-9H2,1-2H3,(H,16,17). The van der Waals surface area contributed by atoms with Gasteiger partial charge in [0.2, 0.25) is 5.91 Å². The number of rotatable bonds is 3. The van der Waals surface area contributed by atoms with Crippen molar-refractivity contribution in [1.82, 2.24) is 4.90 Å². The Morgan fingerprint density at radius 2 is 1.94 bits per heavy atom. The van der Waals surface area contributed by atoms with E-state index >= 15 is 0 Å². The van der Waals surface area contributed by atoms with Gasteiger partial charge in [-0.15, -0.1) is 0 Å². The number of carboxylic acid groups (broad SMARTS) is 1. The maximum absolute atomic E-state index is 12.4. The van der Waals surface area contributed by atoms with Gasteiger partial charge in [-0.2, -0.15) is 0 Å². The first-order valence-electron chi connectivity index (χ1n) is 6.46. The van der Waals surface area contributed by atoms with Crippen LogP contribution < -0.4 is 0 Å². The summed E-state index contributed by atoms with van der Waals surface area (Å²) in [5.74, 6) is -0.594. The summed E-state index contributed by atoms with van der Waals surface area (Å²) in [5.41, 5.74) is -0.894. The van der Waals surface area contributed by atoms with Crippen molar-refractivity contribution in [3.8, 4) is 0 Å². The minimum Gasteiger partial charge on any atom is -0.481 e. The zero-order valence-electron chi connectivity index (χ0n) is 10.7. The van der Waals surface area contributed by atoms with E-state index in [4.69, 9.17) is 0 Å². The molecule has 1 N–H and O–H groups in total. The highest BCUT2D eigenvalue weighted by atomic mass is 16.4. The van der Waals surface area contributed by atoms with Gasteiger partial charge in [-0.3, -0.25) is 9.59 Å². The predicted octanol–water partition coefficient (Wildman–Crippen LogP) is 1.89. The summed E-state index contributed by atoms with van der Waals surface area (Å²) < 4.78 is 0. The Labute approximate surface area is 102 Å². The van der Waals surface area contributed by atoms with Gasteiger partial charge in [0.05, 0.1) is 5.41 Å². The molecule has 0 bridgehead atoms. The first kappa shape index (κ1) is 12.4. The fourth-order valence-corrected chi connectivity index (χ4v) is 2.79. The number of amides is 1. The Hall–Kier alpha value is -1.06. The van der Waals surface area contributed by atoms with Crippen molar-refractivity contribution >= 4 is 11.9 Å². The van der Waals surface area contributed by atoms with Gasteiger partial charge in [-0.05, 0) is 39.0 Å². The van der Waals surface area contributed by atoms with E-state index in [9.17, 15) is 14.7 Å². The molecule has 0 spiro atoms. The molecule has 0 aromatic rings. The van der Waals surface area contributed by atoms with Crippen LogP contribution >= 0.6 is 0 Å². The second-order valence-electron chi connectivity index (χ2n) is 5.83. The van der Waals surface area contributed by atoms with Gasteiger partial charge in [0.25, 0.3) is 0 Å². The van der Waals surface area contributed by atoms with Crippen LogP contribution in [0.3, 0.4) is 0 Å². The summed E-state index contributed by atoms with van der Waals surface area (Å²) in [5, 5.41) is 9.23. The lowest BCUT2D eigenvalue weighted by Gasteiger charge is -2.39. The van der Waals surface area contributed by atoms with Crippen LogP contribution in [0, 0.1) is 10.8 Å². The number of likely N-dealkylation sites (tertiary alicyclic amines) is 1. The van der Waals surface area contributed by atoms with Crippen molar-refractivity contribution < 1.29 is 14.7 Å². The minimum atomic E-state index is -0.781. The van der Waals surface area contributed by atoms with Crippen LogP contribution in [-0.4, -0.2) is 35.0 Å². The molecule has 1 aliphatic carbocycles. The Balaban J connectivity index is 2.08. The average molecular weight is 239 g/mol. The number of carbonyl (C=O) groups excluding carboxylic acids is 1. The molecule has 96 valence electrons. The first-order valence-corrected chi connectivity index (χ1v) is 6.46. The molecule has 2 fully saturated rings. The molecule has 4 nitrogen and oxygen atoms in total. The molecule has 4 heteroatoms. The molecule has 0 aromatic heterocycles. The Kier molecular flexibility index (Phi) is 2.92. The number of hydrogen-bond donors (Lipinski definition) is 1. The number of hydrogen-bond acceptors (Lipinski definition) is 2. The summed E-state index contributed by atoms with van der Waals surface area (Å²) in [6.07, 6.45) is 4.30. The highest BCUT2D eigenvalue weighted by molar-refractivity contribution is 5.86. The van der Waals surface area contributed by atoms with Crippen LogP contribution in [0.5, 0.6) is 0 Å². The quantitative estimate of drug-likeness (QED) is 0.818. The third-order valence-corrected chi connectivity index (χ3v) is 4.48. The number of piperidine rings is 1. The second kappa shape index (κ2) is 4.00. The van der Waals surface area contributed by atoms with E-state index in [0.717, 1.165) is 32.2 Å². The largest absolute Gasteiger partial charge is 0.481 e. The van der Waals surface area contributed by atoms with E-state index in [2.05, 4.69) is 0 Å². The summed E-state index contributed by atoms with van der Waals surface area (Å²) in [7, 11) is 0. The minimum absolute atomic E-state index is 0.142. The number of aliphatic carboxylic acids is 1. The average Bonchev–Trinajstić information content (AvgIpc) is 3.09. The highest BCUT2D eigenvalue weighted by Crippen LogP contribution is 2.50. The van der Waals surface area contributed by atoms with Crippen molar-refractivity contribution in [3.05, 3.63) is 0 Å². The van der Waals surface area contributed by atoms with E-state index in [-0.39, 0.29) is 11.3 Å². The topological polar surface area (TPSA) is 57.6 Å². The molecular weight excluding hydrogens is 218 g/mol. The predicted molar refractivity (Wildman–Crippen MR) is 63.5 cm³/mol. The molecule has 2 aliphatic rings. The third kappa shape index (κ3) is 2.05. The summed E-state index contributed by atoms with van der Waals surface area (Å²) in [6.45, 7) is 4.90. The van der Waals surface area contributed by atoms with Crippen molar-refractivity contribution in [2.24, 2.45) is 10.8 Å². The smallest absolute Gasteiger partial charge is 0.311 e. The lowest BCUT2D eigenvalue weighted by molar-refractivity contribution is -0.154. The van der Waals surface area contributed by atoms with E-state index in [1.807, 2.05) is 6.92 Å². The fourth-order valence-electron chi connectivity index (χ4n) is 2.79. The summed E-state index contributed by atoms with van der Waals surface area (Å²) in [6, 6.07) is 0. The van der Waals surface area contributed by atoms with Crippen molar-refractivity contribution in [1.29, 1.82) is 0 Å². The molecule has 1 amide bonds. The summed E-state index contributed by atoms with van der Waals surface area (Å²) >= 11 is 0. The lowest BCUT2D eigenvalue weighted by atomic mass is 9.81. The van der Waals surface area contributed by atoms with E-state index in [0.29, 0.717) is 13.0 Å². The zero-order valence-corrected chi connectivity index (χ0v) is 10.7. The normalized spacial score (nSPS) is 31.1. The third-order valence-electron chi connectivity index (χ3n) is 4.48. The SMILES string of the molecule is CCC1(C(=O)N2CCCC(C)(C(=O)O)C2)CC1. The lowest BCUT2D eigenvalue weighted by Crippen LogP contribution is -2.50. The Morgan fingerprint density at radius 3 is 2.41 bits per heavy atom. The van der Waals surface area contributed by atoms with E-state index in [1.54, 1.807) is 11.8 Å². The zero-order chi connectivity index (χ0) is 12.7. The van der Waals surface area contributed by atoms with Crippen molar-refractivity contribution in [2.45, 2.75) is 46.0 Å². The number of nitrogens with zero attached hydrogens (tertiary/aromatic N) is 1. The molecule has 1 aliphatic heterocycles. The Morgan fingerprint density at radius 1 is 1.29 bits per heavy atom. The van der Waals surface area contributed by atoms with Crippen LogP contribution in [0.25, 0.3) is 0 Å². The number of carbonyl (C=O) groups is 2. The molecule has 1 heterocycles. The molecule has 0 radical (unpaired) electrons. The van der Waals surface area contributed by atoms with E-state index in [1.165, 1.54) is 0 Å². The molecule has 1 atom stereocenters. The van der Waals surface area contributed by atoms with Crippen LogP contribution in [-0.2, 0) is 9.59 Å². The van der Waals surface area contributed by atoms with Gasteiger partial charge in [0, 0.05) is 18.5 Å². The Bertz CT molecular complexity index is 349. The molecule has 1 saturated carbocycles. The van der Waals surface area contributed by atoms with Gasteiger partial charge in [-0.25, -0.2) is 0 Å². The van der Waals surface area contributed by atoms with Crippen molar-refractivity contribution in [2.75, 3.05) is 13.1 Å². The molecule has 0 aromatic carbocycles. The second-order valence-corrected chi connectivity index (χ2v) is 5.83. The highest BCUT2D eigenvalue weighted by Gasteiger charge is 2.51. The first-order chi connectivity index (χ1) is 7.93. The maximum atomic E-state index is 12.4. The van der Waals surface area contributed by atoms with Crippen LogP contribution in [0.15, 0.2) is 0 Å². The van der Waals surface area contributed by atoms with Gasteiger partial charge in [0.15, 0.2) is 0 Å². The number of carboxylic acids is 1. The van der Waals surface area contributed by atoms with E-state index < -0.39 is 11.4 Å². The molecular formula is C13H21NO3. The summed E-state index contributed by atoms with van der Waals surface area (Å²) in [4.78, 5) is 25.4. The van der Waals surface area contributed by atoms with Gasteiger partial charge >= 0.3 is 5.97 Å². The molecule has 1 unspecified atom stereocenters. The maximum Gasteiger partial charge on any atom is 0.311 e.